The fourth-order valence-corrected chi connectivity index (χ4v) is 3.21. The molecule has 0 aromatic rings. The van der Waals surface area contributed by atoms with Gasteiger partial charge in [0.05, 0.1) is 13.7 Å². The monoisotopic (exact) mass is 445 g/mol. The lowest BCUT2D eigenvalue weighted by atomic mass is 9.99. The van der Waals surface area contributed by atoms with E-state index >= 15 is 0 Å². The highest BCUT2D eigenvalue weighted by Crippen LogP contribution is 2.24. The number of ether oxygens (including phenoxy) is 2. The van der Waals surface area contributed by atoms with Gasteiger partial charge in [-0.1, -0.05) is 27.7 Å². The number of nitrogens with one attached hydrogen (secondary N) is 2. The van der Waals surface area contributed by atoms with Crippen LogP contribution in [0.1, 0.15) is 54.9 Å². The number of halogens is 1. The largest absolute Gasteiger partial charge is 0.467 e. The third-order valence-electron chi connectivity index (χ3n) is 4.85. The lowest BCUT2D eigenvalue weighted by molar-refractivity contribution is -0.147. The van der Waals surface area contributed by atoms with E-state index in [-0.39, 0.29) is 24.8 Å². The molecule has 1 saturated heterocycles. The van der Waals surface area contributed by atoms with Gasteiger partial charge >= 0.3 is 12.1 Å². The lowest BCUT2D eigenvalue weighted by Gasteiger charge is -2.30. The summed E-state index contributed by atoms with van der Waals surface area (Å²) in [6.07, 6.45) is -2.35. The smallest absolute Gasteiger partial charge is 0.411 e. The van der Waals surface area contributed by atoms with E-state index in [0.29, 0.717) is 0 Å². The first-order chi connectivity index (χ1) is 14.2. The second kappa shape index (κ2) is 10.8. The van der Waals surface area contributed by atoms with E-state index in [0.717, 1.165) is 4.90 Å². The van der Waals surface area contributed by atoms with Crippen LogP contribution >= 0.6 is 0 Å². The van der Waals surface area contributed by atoms with Gasteiger partial charge in [0.1, 0.15) is 29.9 Å². The number of esters is 1. The topological polar surface area (TPSA) is 114 Å². The van der Waals surface area contributed by atoms with Crippen LogP contribution in [0.3, 0.4) is 0 Å². The van der Waals surface area contributed by atoms with Crippen molar-refractivity contribution < 1.29 is 33.0 Å². The molecule has 3 amide bonds. The number of alkyl halides is 1. The predicted molar refractivity (Wildman–Crippen MR) is 112 cm³/mol. The molecule has 0 aromatic heterocycles. The van der Waals surface area contributed by atoms with Crippen molar-refractivity contribution in [2.24, 2.45) is 11.8 Å². The average molecular weight is 446 g/mol. The maximum Gasteiger partial charge on any atom is 0.411 e. The Labute approximate surface area is 183 Å². The van der Waals surface area contributed by atoms with Crippen molar-refractivity contribution in [2.75, 3.05) is 13.7 Å². The molecule has 1 heterocycles. The minimum absolute atomic E-state index is 0.186. The minimum atomic E-state index is -1.38. The van der Waals surface area contributed by atoms with E-state index < -0.39 is 53.8 Å². The summed E-state index contributed by atoms with van der Waals surface area (Å²) in [4.78, 5) is 51.2. The van der Waals surface area contributed by atoms with Crippen molar-refractivity contribution in [3.8, 4) is 0 Å². The molecule has 9 nitrogen and oxygen atoms in total. The molecule has 4 atom stereocenters. The van der Waals surface area contributed by atoms with Crippen LogP contribution in [0.2, 0.25) is 0 Å². The molecular formula is C21H36FN3O6. The van der Waals surface area contributed by atoms with Crippen molar-refractivity contribution in [2.45, 2.75) is 84.8 Å². The molecule has 0 bridgehead atoms. The number of amides is 3. The number of methoxy groups -OCH3 is 1. The van der Waals surface area contributed by atoms with Crippen LogP contribution in [0.25, 0.3) is 0 Å². The van der Waals surface area contributed by atoms with Crippen molar-refractivity contribution in [3.05, 3.63) is 0 Å². The first kappa shape index (κ1) is 26.6. The van der Waals surface area contributed by atoms with Crippen molar-refractivity contribution in [1.29, 1.82) is 0 Å². The molecule has 178 valence electrons. The SMILES string of the molecule is COC(=O)[C@@H](NC(=O)[C@@H](NC(=O)[C@@H]1C[C@H](F)CN1C(=O)OC(C)(C)C)C(C)C)C(C)C. The predicted octanol–water partition coefficient (Wildman–Crippen LogP) is 1.79. The van der Waals surface area contributed by atoms with Crippen molar-refractivity contribution in [1.82, 2.24) is 15.5 Å². The van der Waals surface area contributed by atoms with Gasteiger partial charge in [0.15, 0.2) is 0 Å². The van der Waals surface area contributed by atoms with Gasteiger partial charge in [-0.05, 0) is 32.6 Å². The standard InChI is InChI=1S/C21H36FN3O6/c1-11(2)15(18(27)24-16(12(3)4)19(28)30-8)23-17(26)14-9-13(22)10-25(14)20(29)31-21(5,6)7/h11-16H,9-10H2,1-8H3,(H,23,26)(H,24,27)/t13-,14-,15-,16-/m0/s1. The van der Waals surface area contributed by atoms with Crippen molar-refractivity contribution >= 4 is 23.9 Å². The maximum atomic E-state index is 14.1. The van der Waals surface area contributed by atoms with Crippen molar-refractivity contribution in [3.63, 3.8) is 0 Å². The van der Waals surface area contributed by atoms with Crippen LogP contribution in [-0.4, -0.2) is 72.3 Å². The molecule has 0 aromatic carbocycles. The van der Waals surface area contributed by atoms with E-state index in [1.54, 1.807) is 48.5 Å². The first-order valence-corrected chi connectivity index (χ1v) is 10.5. The highest BCUT2D eigenvalue weighted by molar-refractivity contribution is 5.93. The Bertz CT molecular complexity index is 677. The van der Waals surface area contributed by atoms with Crippen LogP contribution in [0, 0.1) is 11.8 Å². The Balaban J connectivity index is 2.96. The summed E-state index contributed by atoms with van der Waals surface area (Å²) >= 11 is 0. The van der Waals surface area contributed by atoms with Crippen LogP contribution < -0.4 is 10.6 Å². The zero-order valence-electron chi connectivity index (χ0n) is 19.7. The Morgan fingerprint density at radius 2 is 1.55 bits per heavy atom. The Hall–Kier alpha value is -2.39. The van der Waals surface area contributed by atoms with E-state index in [9.17, 15) is 23.6 Å². The number of rotatable bonds is 7. The van der Waals surface area contributed by atoms with Gasteiger partial charge in [-0.2, -0.15) is 0 Å². The fraction of sp³-hybridized carbons (Fsp3) is 0.810. The second-order valence-electron chi connectivity index (χ2n) is 9.47. The molecule has 1 fully saturated rings. The number of carbonyl (C=O) groups is 4. The molecule has 1 rings (SSSR count). The minimum Gasteiger partial charge on any atom is -0.467 e. The summed E-state index contributed by atoms with van der Waals surface area (Å²) in [7, 11) is 1.23. The van der Waals surface area contributed by atoms with Gasteiger partial charge in [0.2, 0.25) is 11.8 Å². The van der Waals surface area contributed by atoms with Crippen LogP contribution in [0.15, 0.2) is 0 Å². The van der Waals surface area contributed by atoms with Gasteiger partial charge in [0.25, 0.3) is 0 Å². The van der Waals surface area contributed by atoms with Crippen LogP contribution in [0.4, 0.5) is 9.18 Å². The summed E-state index contributed by atoms with van der Waals surface area (Å²) in [6.45, 7) is 11.7. The van der Waals surface area contributed by atoms with E-state index in [1.165, 1.54) is 7.11 Å². The normalized spacial score (nSPS) is 20.9. The van der Waals surface area contributed by atoms with E-state index in [1.807, 2.05) is 0 Å². The average Bonchev–Trinajstić information content (AvgIpc) is 3.03. The molecule has 2 N–H and O–H groups in total. The molecule has 1 aliphatic rings. The molecule has 0 saturated carbocycles. The van der Waals surface area contributed by atoms with Gasteiger partial charge in [-0.3, -0.25) is 14.5 Å². The van der Waals surface area contributed by atoms with Crippen LogP contribution in [-0.2, 0) is 23.9 Å². The first-order valence-electron chi connectivity index (χ1n) is 10.5. The molecule has 0 aliphatic carbocycles. The van der Waals surface area contributed by atoms with Gasteiger partial charge in [0, 0.05) is 6.42 Å². The zero-order valence-corrected chi connectivity index (χ0v) is 19.7. The third-order valence-corrected chi connectivity index (χ3v) is 4.85. The quantitative estimate of drug-likeness (QED) is 0.578. The zero-order chi connectivity index (χ0) is 24.1. The summed E-state index contributed by atoms with van der Waals surface area (Å²) in [6, 6.07) is -2.96. The molecular weight excluding hydrogens is 409 g/mol. The molecule has 10 heteroatoms. The number of nitrogens with zero attached hydrogens (tertiary/aromatic N) is 1. The molecule has 31 heavy (non-hydrogen) atoms. The Morgan fingerprint density at radius 3 is 2.00 bits per heavy atom. The number of carbonyl (C=O) groups excluding carboxylic acids is 4. The third kappa shape index (κ3) is 7.66. The maximum absolute atomic E-state index is 14.1. The number of hydrogen-bond acceptors (Lipinski definition) is 6. The van der Waals surface area contributed by atoms with Gasteiger partial charge in [-0.25, -0.2) is 14.0 Å². The molecule has 0 unspecified atom stereocenters. The summed E-state index contributed by atoms with van der Waals surface area (Å²) in [5.41, 5.74) is -0.799. The van der Waals surface area contributed by atoms with E-state index in [4.69, 9.17) is 9.47 Å². The highest BCUT2D eigenvalue weighted by atomic mass is 19.1. The summed E-state index contributed by atoms with van der Waals surface area (Å²) < 4.78 is 24.1. The molecule has 0 radical (unpaired) electrons. The van der Waals surface area contributed by atoms with Crippen LogP contribution in [0.5, 0.6) is 0 Å². The molecule has 1 aliphatic heterocycles. The summed E-state index contributed by atoms with van der Waals surface area (Å²) in [5.74, 6) is -2.37. The number of likely N-dealkylation sites (tertiary alicyclic amines) is 1. The highest BCUT2D eigenvalue weighted by Gasteiger charge is 2.43. The van der Waals surface area contributed by atoms with E-state index in [2.05, 4.69) is 10.6 Å². The number of hydrogen-bond donors (Lipinski definition) is 2. The Morgan fingerprint density at radius 1 is 1.00 bits per heavy atom. The summed E-state index contributed by atoms with van der Waals surface area (Å²) in [5, 5.41) is 5.22. The molecule has 0 spiro atoms. The van der Waals surface area contributed by atoms with Gasteiger partial charge in [-0.15, -0.1) is 0 Å². The van der Waals surface area contributed by atoms with Gasteiger partial charge < -0.3 is 20.1 Å². The Kier molecular flexibility index (Phi) is 9.26. The lowest BCUT2D eigenvalue weighted by Crippen LogP contribution is -2.58. The second-order valence-corrected chi connectivity index (χ2v) is 9.47. The fourth-order valence-electron chi connectivity index (χ4n) is 3.21.